The lowest BCUT2D eigenvalue weighted by Crippen LogP contribution is -2.04. The normalized spacial score (nSPS) is 11.2. The fraction of sp³-hybridized carbons (Fsp3) is 0.111. The van der Waals surface area contributed by atoms with E-state index in [0.29, 0.717) is 6.26 Å². The van der Waals surface area contributed by atoms with Crippen molar-refractivity contribution >= 4 is 7.82 Å². The minimum absolute atomic E-state index is 0.695. The highest BCUT2D eigenvalue weighted by atomic mass is 31.2. The van der Waals surface area contributed by atoms with Crippen molar-refractivity contribution in [3.63, 3.8) is 0 Å². The molecule has 0 atom stereocenters. The van der Waals surface area contributed by atoms with E-state index in [1.165, 1.54) is 12.1 Å². The smallest absolute Gasteiger partial charge is 0.507 e. The third-order valence-corrected chi connectivity index (χ3v) is 1.84. The molecule has 0 fully saturated rings. The number of phenols is 1. The lowest BCUT2D eigenvalue weighted by atomic mass is 10.2. The molecule has 0 aromatic heterocycles. The summed E-state index contributed by atoms with van der Waals surface area (Å²) in [6, 6.07) is 4.39. The zero-order chi connectivity index (χ0) is 14.4. The van der Waals surface area contributed by atoms with Crippen molar-refractivity contribution in [2.24, 2.45) is 0 Å². The Bertz CT molecular complexity index is 440. The molecule has 5 nitrogen and oxygen atoms in total. The van der Waals surface area contributed by atoms with Gasteiger partial charge in [-0.2, -0.15) is 13.2 Å². The minimum Gasteiger partial charge on any atom is -0.507 e. The summed E-state index contributed by atoms with van der Waals surface area (Å²) >= 11 is 0. The molecule has 3 N–H and O–H groups in total. The van der Waals surface area contributed by atoms with Gasteiger partial charge in [-0.1, -0.05) is 18.7 Å². The van der Waals surface area contributed by atoms with Crippen LogP contribution >= 0.6 is 7.82 Å². The third kappa shape index (κ3) is 6.95. The van der Waals surface area contributed by atoms with E-state index >= 15 is 0 Å². The number of rotatable bonds is 2. The summed E-state index contributed by atoms with van der Waals surface area (Å²) in [5.74, 6) is -0.736. The number of benzene rings is 1. The van der Waals surface area contributed by atoms with E-state index in [4.69, 9.17) is 14.9 Å². The molecule has 1 aromatic carbocycles. The zero-order valence-corrected chi connectivity index (χ0v) is 9.73. The highest BCUT2D eigenvalue weighted by Crippen LogP contribution is 2.35. The summed E-state index contributed by atoms with van der Waals surface area (Å²) in [6.07, 6.45) is -3.77. The Morgan fingerprint density at radius 3 is 2.00 bits per heavy atom. The molecule has 102 valence electrons. The first-order valence-corrected chi connectivity index (χ1v) is 5.81. The molecule has 0 aliphatic carbocycles. The highest BCUT2D eigenvalue weighted by Gasteiger charge is 2.33. The maximum Gasteiger partial charge on any atom is 0.524 e. The van der Waals surface area contributed by atoms with Gasteiger partial charge in [-0.15, -0.1) is 0 Å². The molecule has 0 saturated heterocycles. The average molecular weight is 286 g/mol. The molecule has 1 aromatic rings. The summed E-state index contributed by atoms with van der Waals surface area (Å²) in [6.45, 7) is 2.93. The van der Waals surface area contributed by atoms with Crippen LogP contribution < -0.4 is 0 Å². The molecule has 0 saturated carbocycles. The summed E-state index contributed by atoms with van der Waals surface area (Å²) in [5, 5.41) is 8.73. The fourth-order valence-electron chi connectivity index (χ4n) is 0.810. The second kappa shape index (κ2) is 6.44. The Kier molecular flexibility index (Phi) is 5.90. The molecule has 0 aliphatic heterocycles. The van der Waals surface area contributed by atoms with Gasteiger partial charge < -0.3 is 9.63 Å². The minimum atomic E-state index is -4.47. The van der Waals surface area contributed by atoms with Crippen LogP contribution in [0.4, 0.5) is 13.2 Å². The molecule has 0 amide bonds. The molecule has 18 heavy (non-hydrogen) atoms. The summed E-state index contributed by atoms with van der Waals surface area (Å²) in [4.78, 5) is 15.7. The van der Waals surface area contributed by atoms with Crippen molar-refractivity contribution in [1.82, 2.24) is 0 Å². The number of para-hydroxylation sites is 1. The fourth-order valence-corrected chi connectivity index (χ4v) is 1.00. The second-order valence-corrected chi connectivity index (χ2v) is 3.97. The molecular weight excluding hydrogens is 276 g/mol. The van der Waals surface area contributed by atoms with E-state index in [1.54, 1.807) is 0 Å². The van der Waals surface area contributed by atoms with E-state index < -0.39 is 25.3 Å². The van der Waals surface area contributed by atoms with Gasteiger partial charge in [-0.3, -0.25) is 9.79 Å². The Hall–Kier alpha value is -1.50. The number of phosphoric ester groups is 1. The standard InChI is InChI=1S/C7H5F3O.C2H5O4P/c8-7(9,10)5-3-1-2-4-6(5)11;1-2-6-7(3,4)5/h1-4,11H;2H,1H2,(H2,3,4,5). The van der Waals surface area contributed by atoms with Crippen molar-refractivity contribution in [2.75, 3.05) is 0 Å². The molecule has 0 unspecified atom stereocenters. The lowest BCUT2D eigenvalue weighted by Gasteiger charge is -2.06. The Morgan fingerprint density at radius 2 is 1.78 bits per heavy atom. The molecule has 1 rings (SSSR count). The third-order valence-electron chi connectivity index (χ3n) is 1.42. The molecule has 9 heteroatoms. The van der Waals surface area contributed by atoms with Crippen LogP contribution in [0.15, 0.2) is 37.1 Å². The monoisotopic (exact) mass is 286 g/mol. The van der Waals surface area contributed by atoms with Crippen molar-refractivity contribution < 1.29 is 37.2 Å². The summed E-state index contributed by atoms with van der Waals surface area (Å²) < 4.78 is 49.0. The number of halogens is 3. The highest BCUT2D eigenvalue weighted by molar-refractivity contribution is 7.46. The van der Waals surface area contributed by atoms with Crippen LogP contribution in [-0.2, 0) is 15.3 Å². The predicted molar refractivity (Wildman–Crippen MR) is 56.4 cm³/mol. The first-order chi connectivity index (χ1) is 8.08. The average Bonchev–Trinajstić information content (AvgIpc) is 2.15. The Morgan fingerprint density at radius 1 is 1.28 bits per heavy atom. The summed E-state index contributed by atoms with van der Waals surface area (Å²) in [5.41, 5.74) is -1.000. The number of alkyl halides is 3. The molecule has 0 aliphatic rings. The van der Waals surface area contributed by atoms with Crippen molar-refractivity contribution in [1.29, 1.82) is 0 Å². The van der Waals surface area contributed by atoms with Gasteiger partial charge in [0.25, 0.3) is 0 Å². The molecular formula is C9H10F3O5P. The van der Waals surface area contributed by atoms with Gasteiger partial charge >= 0.3 is 14.0 Å². The van der Waals surface area contributed by atoms with Gasteiger partial charge in [0.1, 0.15) is 5.75 Å². The quantitative estimate of drug-likeness (QED) is 0.574. The largest absolute Gasteiger partial charge is 0.524 e. The van der Waals surface area contributed by atoms with Gasteiger partial charge in [0.15, 0.2) is 0 Å². The van der Waals surface area contributed by atoms with Crippen LogP contribution in [-0.4, -0.2) is 14.9 Å². The van der Waals surface area contributed by atoms with Crippen LogP contribution in [0.3, 0.4) is 0 Å². The predicted octanol–water partition coefficient (Wildman–Crippen LogP) is 2.65. The summed E-state index contributed by atoms with van der Waals surface area (Å²) in [7, 11) is -4.28. The van der Waals surface area contributed by atoms with E-state index in [2.05, 4.69) is 11.1 Å². The van der Waals surface area contributed by atoms with E-state index in [0.717, 1.165) is 12.1 Å². The molecule has 0 bridgehead atoms. The van der Waals surface area contributed by atoms with Gasteiger partial charge in [0.2, 0.25) is 0 Å². The topological polar surface area (TPSA) is 87.0 Å². The first-order valence-electron chi connectivity index (χ1n) is 4.28. The van der Waals surface area contributed by atoms with E-state index in [1.807, 2.05) is 0 Å². The zero-order valence-electron chi connectivity index (χ0n) is 8.83. The number of aromatic hydroxyl groups is 1. The van der Waals surface area contributed by atoms with Crippen molar-refractivity contribution in [3.05, 3.63) is 42.7 Å². The molecule has 0 spiro atoms. The van der Waals surface area contributed by atoms with Crippen LogP contribution in [0.5, 0.6) is 5.75 Å². The Labute approximate surface area is 100 Å². The number of phosphoric acid groups is 1. The van der Waals surface area contributed by atoms with E-state index in [9.17, 15) is 17.7 Å². The van der Waals surface area contributed by atoms with Crippen LogP contribution in [0.25, 0.3) is 0 Å². The maximum atomic E-state index is 11.9. The van der Waals surface area contributed by atoms with Gasteiger partial charge in [0, 0.05) is 0 Å². The SMILES string of the molecule is C=COP(=O)(O)O.Oc1ccccc1C(F)(F)F. The Balaban J connectivity index is 0.000000360. The molecule has 0 radical (unpaired) electrons. The van der Waals surface area contributed by atoms with Gasteiger partial charge in [-0.25, -0.2) is 4.57 Å². The number of hydrogen-bond donors (Lipinski definition) is 3. The lowest BCUT2D eigenvalue weighted by molar-refractivity contribution is -0.138. The van der Waals surface area contributed by atoms with Crippen LogP contribution in [0.1, 0.15) is 5.56 Å². The van der Waals surface area contributed by atoms with Crippen molar-refractivity contribution in [3.8, 4) is 5.75 Å². The first kappa shape index (κ1) is 16.5. The second-order valence-electron chi connectivity index (χ2n) is 2.78. The molecule has 0 heterocycles. The number of hydrogen-bond acceptors (Lipinski definition) is 3. The van der Waals surface area contributed by atoms with Crippen LogP contribution in [0, 0.1) is 0 Å². The van der Waals surface area contributed by atoms with E-state index in [-0.39, 0.29) is 0 Å². The number of phenolic OH excluding ortho intramolecular Hbond substituents is 1. The van der Waals surface area contributed by atoms with Crippen LogP contribution in [0.2, 0.25) is 0 Å². The van der Waals surface area contributed by atoms with Crippen molar-refractivity contribution in [2.45, 2.75) is 6.18 Å². The maximum absolute atomic E-state index is 11.9. The van der Waals surface area contributed by atoms with Gasteiger partial charge in [0.05, 0.1) is 11.8 Å². The van der Waals surface area contributed by atoms with Gasteiger partial charge in [-0.05, 0) is 12.1 Å².